The summed E-state index contributed by atoms with van der Waals surface area (Å²) in [5, 5.41) is 0. The Morgan fingerprint density at radius 2 is 1.44 bits per heavy atom. The summed E-state index contributed by atoms with van der Waals surface area (Å²) in [5.74, 6) is 0. The minimum absolute atomic E-state index is 0. The van der Waals surface area contributed by atoms with Gasteiger partial charge in [-0.2, -0.15) is 12.8 Å². The molecule has 0 bridgehead atoms. The van der Waals surface area contributed by atoms with Crippen LogP contribution in [0, 0.1) is 42.9 Å². The van der Waals surface area contributed by atoms with Crippen LogP contribution < -0.4 is 0 Å². The van der Waals surface area contributed by atoms with Crippen molar-refractivity contribution in [3.05, 3.63) is 6.42 Å². The van der Waals surface area contributed by atoms with Gasteiger partial charge in [0.25, 0.3) is 0 Å². The summed E-state index contributed by atoms with van der Waals surface area (Å²) in [5.41, 5.74) is 0.898. The Kier molecular flexibility index (Phi) is 2.69. The number of hydrogen-bond acceptors (Lipinski definition) is 0. The predicted molar refractivity (Wildman–Crippen MR) is 34.4 cm³/mol. The van der Waals surface area contributed by atoms with Gasteiger partial charge in [-0.3, -0.25) is 0 Å². The van der Waals surface area contributed by atoms with Crippen molar-refractivity contribution < 1.29 is 31.1 Å². The van der Waals surface area contributed by atoms with Crippen LogP contribution in [0.25, 0.3) is 0 Å². The molecule has 1 heteroatoms. The van der Waals surface area contributed by atoms with Gasteiger partial charge in [0.1, 0.15) is 0 Å². The summed E-state index contributed by atoms with van der Waals surface area (Å²) in [6, 6.07) is 0. The quantitative estimate of drug-likeness (QED) is 0.591. The van der Waals surface area contributed by atoms with E-state index in [1.54, 1.807) is 12.8 Å². The summed E-state index contributed by atoms with van der Waals surface area (Å²) in [4.78, 5) is 0. The van der Waals surface area contributed by atoms with E-state index in [4.69, 9.17) is 0 Å². The molecule has 0 aliphatic heterocycles. The van der Waals surface area contributed by atoms with Gasteiger partial charge in [0.05, 0.1) is 0 Å². The first-order chi connectivity index (χ1) is 3.91. The second-order valence-electron chi connectivity index (χ2n) is 3.37. The molecule has 2 fully saturated rings. The first-order valence-corrected chi connectivity index (χ1v) is 3.73. The smallest absolute Gasteiger partial charge is 0 e. The molecule has 0 aromatic heterocycles. The Morgan fingerprint density at radius 3 is 1.78 bits per heavy atom. The fourth-order valence-corrected chi connectivity index (χ4v) is 1.76. The van der Waals surface area contributed by atoms with Crippen LogP contribution in [0.5, 0.6) is 0 Å². The van der Waals surface area contributed by atoms with Crippen molar-refractivity contribution in [3.63, 3.8) is 0 Å². The molecule has 0 heterocycles. The number of hydrogen-bond donors (Lipinski definition) is 0. The zero-order valence-electron chi connectivity index (χ0n) is 5.82. The summed E-state index contributed by atoms with van der Waals surface area (Å²) in [7, 11) is 0. The van der Waals surface area contributed by atoms with Crippen molar-refractivity contribution in [2.24, 2.45) is 5.41 Å². The Morgan fingerprint density at radius 1 is 0.889 bits per heavy atom. The summed E-state index contributed by atoms with van der Waals surface area (Å²) in [6.45, 7) is 0. The summed E-state index contributed by atoms with van der Waals surface area (Å²) >= 11 is 0. The van der Waals surface area contributed by atoms with E-state index >= 15 is 0 Å². The van der Waals surface area contributed by atoms with E-state index in [9.17, 15) is 0 Å². The van der Waals surface area contributed by atoms with E-state index in [2.05, 4.69) is 6.42 Å². The predicted octanol–water partition coefficient (Wildman–Crippen LogP) is 2.54. The van der Waals surface area contributed by atoms with Crippen molar-refractivity contribution >= 4 is 0 Å². The third kappa shape index (κ3) is 1.75. The van der Waals surface area contributed by atoms with Gasteiger partial charge in [0.2, 0.25) is 0 Å². The molecule has 0 radical (unpaired) electrons. The van der Waals surface area contributed by atoms with Gasteiger partial charge in [0.15, 0.2) is 0 Å². The van der Waals surface area contributed by atoms with E-state index in [1.807, 2.05) is 0 Å². The SMILES string of the molecule is [CH-]1CCC2(CC1)CC2.[U]. The van der Waals surface area contributed by atoms with Crippen molar-refractivity contribution in [1.29, 1.82) is 0 Å². The van der Waals surface area contributed by atoms with Crippen LogP contribution in [0.2, 0.25) is 0 Å². The maximum Gasteiger partial charge on any atom is 0 e. The van der Waals surface area contributed by atoms with Crippen LogP contribution in [0.15, 0.2) is 0 Å². The molecule has 2 aliphatic carbocycles. The minimum Gasteiger partial charge on any atom is -0.328 e. The van der Waals surface area contributed by atoms with Crippen LogP contribution in [-0.2, 0) is 0 Å². The van der Waals surface area contributed by atoms with Crippen molar-refractivity contribution in [3.8, 4) is 0 Å². The molecule has 9 heavy (non-hydrogen) atoms. The largest absolute Gasteiger partial charge is 0.328 e. The Balaban J connectivity index is 0.000000405. The monoisotopic (exact) mass is 347 g/mol. The Bertz CT molecular complexity index is 86.7. The van der Waals surface area contributed by atoms with Gasteiger partial charge < -0.3 is 6.42 Å². The van der Waals surface area contributed by atoms with E-state index in [0.29, 0.717) is 0 Å². The first-order valence-electron chi connectivity index (χ1n) is 3.73. The molecule has 0 amide bonds. The summed E-state index contributed by atoms with van der Waals surface area (Å²) < 4.78 is 0. The van der Waals surface area contributed by atoms with Gasteiger partial charge in [-0.1, -0.05) is 12.8 Å². The molecule has 0 nitrogen and oxygen atoms in total. The van der Waals surface area contributed by atoms with Gasteiger partial charge in [-0.15, -0.1) is 0 Å². The van der Waals surface area contributed by atoms with Crippen molar-refractivity contribution in [2.45, 2.75) is 38.5 Å². The van der Waals surface area contributed by atoms with Gasteiger partial charge in [-0.25, -0.2) is 0 Å². The molecule has 0 unspecified atom stereocenters. The van der Waals surface area contributed by atoms with E-state index in [1.165, 1.54) is 25.7 Å². The molecule has 2 rings (SSSR count). The van der Waals surface area contributed by atoms with Crippen LogP contribution >= 0.6 is 0 Å². The topological polar surface area (TPSA) is 0 Å². The molecule has 0 saturated heterocycles. The van der Waals surface area contributed by atoms with Crippen LogP contribution in [0.4, 0.5) is 0 Å². The first kappa shape index (κ1) is 8.15. The third-order valence-corrected chi connectivity index (χ3v) is 2.71. The zero-order chi connectivity index (χ0) is 5.45. The van der Waals surface area contributed by atoms with Crippen LogP contribution in [-0.4, -0.2) is 0 Å². The van der Waals surface area contributed by atoms with E-state index in [0.717, 1.165) is 5.41 Å². The average molecular weight is 347 g/mol. The van der Waals surface area contributed by atoms with Crippen molar-refractivity contribution in [2.75, 3.05) is 0 Å². The van der Waals surface area contributed by atoms with Gasteiger partial charge >= 0.3 is 0 Å². The second-order valence-corrected chi connectivity index (χ2v) is 3.37. The fourth-order valence-electron chi connectivity index (χ4n) is 1.76. The Labute approximate surface area is 81.2 Å². The minimum atomic E-state index is 0. The molecule has 1 spiro atoms. The maximum atomic E-state index is 2.45. The van der Waals surface area contributed by atoms with Crippen LogP contribution in [0.3, 0.4) is 0 Å². The maximum absolute atomic E-state index is 2.45. The average Bonchev–Trinajstić information content (AvgIpc) is 2.52. The van der Waals surface area contributed by atoms with Crippen molar-refractivity contribution in [1.82, 2.24) is 0 Å². The fraction of sp³-hybridized carbons (Fsp3) is 0.875. The summed E-state index contributed by atoms with van der Waals surface area (Å²) in [6.07, 6.45) is 11.4. The molecule has 0 N–H and O–H groups in total. The van der Waals surface area contributed by atoms with Gasteiger partial charge in [-0.05, 0) is 18.3 Å². The molecule has 0 atom stereocenters. The Hall–Kier alpha value is 1.05. The molecular formula is C8H13U-. The standard InChI is InChI=1S/C8H13.U/c1-2-4-8(5-3-1)6-7-8;/h1H,2-7H2;/q-1;. The normalized spacial score (nSPS) is 29.3. The second kappa shape index (κ2) is 2.97. The van der Waals surface area contributed by atoms with Gasteiger partial charge in [0, 0.05) is 31.1 Å². The number of rotatable bonds is 0. The molecule has 50 valence electrons. The molecule has 2 saturated carbocycles. The molecule has 0 aromatic rings. The molecular weight excluding hydrogens is 334 g/mol. The zero-order valence-corrected chi connectivity index (χ0v) is 9.98. The third-order valence-electron chi connectivity index (χ3n) is 2.71. The van der Waals surface area contributed by atoms with E-state index < -0.39 is 0 Å². The molecule has 2 aliphatic rings. The van der Waals surface area contributed by atoms with E-state index in [-0.39, 0.29) is 31.1 Å². The van der Waals surface area contributed by atoms with Crippen LogP contribution in [0.1, 0.15) is 38.5 Å². The molecule has 0 aromatic carbocycles.